The Balaban J connectivity index is 2.14. The largest absolute Gasteiger partial charge is 0.504 e. The maximum atomic E-state index is 11.8. The monoisotopic (exact) mass is 306 g/mol. The number of carbonyl (C=O) groups excluding carboxylic acids is 2. The van der Waals surface area contributed by atoms with Crippen molar-refractivity contribution >= 4 is 51.8 Å². The molecule has 18 heavy (non-hydrogen) atoms. The van der Waals surface area contributed by atoms with E-state index in [9.17, 15) is 14.7 Å². The van der Waals surface area contributed by atoms with Gasteiger partial charge in [-0.25, -0.2) is 0 Å². The summed E-state index contributed by atoms with van der Waals surface area (Å²) in [7, 11) is 0. The maximum absolute atomic E-state index is 11.8. The van der Waals surface area contributed by atoms with Gasteiger partial charge in [-0.2, -0.15) is 0 Å². The first-order chi connectivity index (χ1) is 8.47. The van der Waals surface area contributed by atoms with E-state index in [2.05, 4.69) is 10.6 Å². The van der Waals surface area contributed by atoms with Gasteiger partial charge >= 0.3 is 0 Å². The Bertz CT molecular complexity index is 524. The molecule has 0 radical (unpaired) electrons. The summed E-state index contributed by atoms with van der Waals surface area (Å²) >= 11 is 12.5. The van der Waals surface area contributed by atoms with E-state index < -0.39 is 11.9 Å². The van der Waals surface area contributed by atoms with Crippen LogP contribution in [0.5, 0.6) is 5.75 Å². The minimum absolute atomic E-state index is 0.0441. The van der Waals surface area contributed by atoms with Crippen LogP contribution in [-0.2, 0) is 4.79 Å². The van der Waals surface area contributed by atoms with Crippen LogP contribution in [0.2, 0.25) is 10.0 Å². The van der Waals surface area contributed by atoms with E-state index in [1.165, 1.54) is 12.1 Å². The third-order valence-corrected chi connectivity index (χ3v) is 3.66. The molecule has 2 amide bonds. The van der Waals surface area contributed by atoms with Crippen molar-refractivity contribution in [2.45, 2.75) is 6.04 Å². The quantitative estimate of drug-likeness (QED) is 0.733. The van der Waals surface area contributed by atoms with Gasteiger partial charge in [0.25, 0.3) is 5.24 Å². The number of nitrogens with one attached hydrogen (secondary N) is 2. The topological polar surface area (TPSA) is 78.4 Å². The van der Waals surface area contributed by atoms with Crippen LogP contribution in [0.3, 0.4) is 0 Å². The number of halogens is 2. The van der Waals surface area contributed by atoms with E-state index >= 15 is 0 Å². The Kier molecular flexibility index (Phi) is 3.89. The van der Waals surface area contributed by atoms with Gasteiger partial charge < -0.3 is 15.7 Å². The third kappa shape index (κ3) is 2.82. The van der Waals surface area contributed by atoms with Gasteiger partial charge in [0.05, 0.1) is 10.7 Å². The van der Waals surface area contributed by atoms with Gasteiger partial charge in [0.2, 0.25) is 5.91 Å². The second kappa shape index (κ2) is 5.26. The van der Waals surface area contributed by atoms with Crippen LogP contribution >= 0.6 is 35.0 Å². The van der Waals surface area contributed by atoms with Crippen LogP contribution in [0, 0.1) is 0 Å². The number of anilines is 1. The van der Waals surface area contributed by atoms with Crippen LogP contribution in [0.1, 0.15) is 0 Å². The van der Waals surface area contributed by atoms with Crippen LogP contribution in [0.15, 0.2) is 12.1 Å². The van der Waals surface area contributed by atoms with Crippen LogP contribution in [0.4, 0.5) is 10.5 Å². The van der Waals surface area contributed by atoms with Crippen LogP contribution in [-0.4, -0.2) is 28.0 Å². The highest BCUT2D eigenvalue weighted by atomic mass is 35.5. The second-order valence-electron chi connectivity index (χ2n) is 3.57. The molecule has 1 unspecified atom stereocenters. The van der Waals surface area contributed by atoms with Gasteiger partial charge in [0.15, 0.2) is 5.75 Å². The van der Waals surface area contributed by atoms with Crippen molar-refractivity contribution in [3.8, 4) is 5.75 Å². The molecular weight excluding hydrogens is 299 g/mol. The van der Waals surface area contributed by atoms with Crippen molar-refractivity contribution in [3.63, 3.8) is 0 Å². The van der Waals surface area contributed by atoms with E-state index in [4.69, 9.17) is 23.2 Å². The Morgan fingerprint density at radius 3 is 2.83 bits per heavy atom. The van der Waals surface area contributed by atoms with Crippen molar-refractivity contribution < 1.29 is 14.7 Å². The minimum atomic E-state index is -0.625. The standard InChI is InChI=1S/C10H8Cl2N2O3S/c11-4-1-5(12)8(15)6(2-4)13-9(16)7-3-18-10(17)14-7/h1-2,7,15H,3H2,(H,13,16)(H,14,17). The summed E-state index contributed by atoms with van der Waals surface area (Å²) in [5.41, 5.74) is 0.114. The molecule has 0 aliphatic carbocycles. The molecule has 1 aliphatic rings. The molecule has 1 heterocycles. The average molecular weight is 307 g/mol. The molecule has 1 aromatic rings. The molecule has 0 aromatic heterocycles. The number of phenolic OH excluding ortho intramolecular Hbond substituents is 1. The lowest BCUT2D eigenvalue weighted by molar-refractivity contribution is -0.117. The lowest BCUT2D eigenvalue weighted by Gasteiger charge is -2.12. The van der Waals surface area contributed by atoms with E-state index in [1.807, 2.05) is 0 Å². The fourth-order valence-corrected chi connectivity index (χ4v) is 2.68. The summed E-state index contributed by atoms with van der Waals surface area (Å²) in [6.45, 7) is 0. The minimum Gasteiger partial charge on any atom is -0.504 e. The summed E-state index contributed by atoms with van der Waals surface area (Å²) in [5, 5.41) is 14.7. The molecule has 1 saturated heterocycles. The number of hydrogen-bond donors (Lipinski definition) is 3. The lowest BCUT2D eigenvalue weighted by Crippen LogP contribution is -2.38. The van der Waals surface area contributed by atoms with E-state index in [1.54, 1.807) is 0 Å². The molecule has 1 atom stereocenters. The summed E-state index contributed by atoms with van der Waals surface area (Å²) < 4.78 is 0. The Morgan fingerprint density at radius 2 is 2.22 bits per heavy atom. The first kappa shape index (κ1) is 13.3. The molecule has 0 bridgehead atoms. The predicted molar refractivity (Wildman–Crippen MR) is 71.5 cm³/mol. The van der Waals surface area contributed by atoms with Gasteiger partial charge in [-0.15, -0.1) is 0 Å². The Morgan fingerprint density at radius 1 is 1.50 bits per heavy atom. The molecule has 8 heteroatoms. The van der Waals surface area contributed by atoms with E-state index in [0.717, 1.165) is 11.8 Å². The number of thioether (sulfide) groups is 1. The van der Waals surface area contributed by atoms with Crippen LogP contribution in [0.25, 0.3) is 0 Å². The summed E-state index contributed by atoms with van der Waals surface area (Å²) in [5.74, 6) is -0.340. The van der Waals surface area contributed by atoms with Gasteiger partial charge in [0.1, 0.15) is 6.04 Å². The van der Waals surface area contributed by atoms with Crippen molar-refractivity contribution in [2.24, 2.45) is 0 Å². The number of hydrogen-bond acceptors (Lipinski definition) is 4. The molecule has 1 aromatic carbocycles. The van der Waals surface area contributed by atoms with Gasteiger partial charge in [0, 0.05) is 10.8 Å². The van der Waals surface area contributed by atoms with Crippen LogP contribution < -0.4 is 10.6 Å². The van der Waals surface area contributed by atoms with Crippen molar-refractivity contribution in [1.29, 1.82) is 0 Å². The van der Waals surface area contributed by atoms with Gasteiger partial charge in [-0.05, 0) is 12.1 Å². The SMILES string of the molecule is O=C1NC(C(=O)Nc2cc(Cl)cc(Cl)c2O)CS1. The number of rotatable bonds is 2. The normalized spacial score (nSPS) is 18.6. The first-order valence-corrected chi connectivity index (χ1v) is 6.63. The molecule has 2 rings (SSSR count). The molecule has 0 spiro atoms. The zero-order valence-corrected chi connectivity index (χ0v) is 11.2. The Labute approximate surface area is 117 Å². The number of phenols is 1. The number of carbonyl (C=O) groups is 2. The number of amides is 2. The fourth-order valence-electron chi connectivity index (χ4n) is 1.41. The highest BCUT2D eigenvalue weighted by Crippen LogP contribution is 2.35. The highest BCUT2D eigenvalue weighted by molar-refractivity contribution is 8.14. The maximum Gasteiger partial charge on any atom is 0.279 e. The van der Waals surface area contributed by atoms with Crippen molar-refractivity contribution in [3.05, 3.63) is 22.2 Å². The molecule has 1 fully saturated rings. The van der Waals surface area contributed by atoms with Gasteiger partial charge in [-0.3, -0.25) is 9.59 Å². The number of aromatic hydroxyl groups is 1. The summed E-state index contributed by atoms with van der Waals surface area (Å²) in [6.07, 6.45) is 0. The zero-order chi connectivity index (χ0) is 13.3. The van der Waals surface area contributed by atoms with E-state index in [0.29, 0.717) is 5.75 Å². The molecule has 5 nitrogen and oxygen atoms in total. The number of benzene rings is 1. The van der Waals surface area contributed by atoms with Crippen molar-refractivity contribution in [1.82, 2.24) is 5.32 Å². The average Bonchev–Trinajstić information content (AvgIpc) is 2.72. The first-order valence-electron chi connectivity index (χ1n) is 4.89. The molecule has 1 aliphatic heterocycles. The molecule has 0 saturated carbocycles. The highest BCUT2D eigenvalue weighted by Gasteiger charge is 2.28. The second-order valence-corrected chi connectivity index (χ2v) is 5.40. The summed E-state index contributed by atoms with van der Waals surface area (Å²) in [4.78, 5) is 22.8. The smallest absolute Gasteiger partial charge is 0.279 e. The third-order valence-electron chi connectivity index (χ3n) is 2.28. The van der Waals surface area contributed by atoms with Crippen molar-refractivity contribution in [2.75, 3.05) is 11.1 Å². The summed E-state index contributed by atoms with van der Waals surface area (Å²) in [6, 6.07) is 2.12. The Hall–Kier alpha value is -1.11. The lowest BCUT2D eigenvalue weighted by atomic mass is 10.2. The predicted octanol–water partition coefficient (Wildman–Crippen LogP) is 2.46. The molecular formula is C10H8Cl2N2O3S. The fraction of sp³-hybridized carbons (Fsp3) is 0.200. The zero-order valence-electron chi connectivity index (χ0n) is 8.87. The van der Waals surface area contributed by atoms with Gasteiger partial charge in [-0.1, -0.05) is 35.0 Å². The molecule has 96 valence electrons. The van der Waals surface area contributed by atoms with E-state index in [-0.39, 0.29) is 26.7 Å². The molecule has 3 N–H and O–H groups in total.